The highest BCUT2D eigenvalue weighted by atomic mass is 79.9. The Labute approximate surface area is 137 Å². The van der Waals surface area contributed by atoms with E-state index in [9.17, 15) is 0 Å². The van der Waals surface area contributed by atoms with Crippen molar-refractivity contribution in [1.82, 2.24) is 0 Å². The van der Waals surface area contributed by atoms with Crippen molar-refractivity contribution in [2.75, 3.05) is 7.11 Å². The number of para-hydroxylation sites is 1. The maximum absolute atomic E-state index is 8.84. The number of nitrogens with zero attached hydrogens (tertiary/aromatic N) is 1. The van der Waals surface area contributed by atoms with Gasteiger partial charge in [-0.15, -0.1) is 0 Å². The van der Waals surface area contributed by atoms with E-state index < -0.39 is 0 Å². The topological polar surface area (TPSA) is 42.2 Å². The Kier molecular flexibility index (Phi) is 5.49. The minimum atomic E-state index is 0.310. The molecule has 0 bridgehead atoms. The molecule has 21 heavy (non-hydrogen) atoms. The number of ether oxygens (including phenoxy) is 2. The van der Waals surface area contributed by atoms with Crippen molar-refractivity contribution in [3.63, 3.8) is 0 Å². The molecule has 0 amide bonds. The third-order valence-electron chi connectivity index (χ3n) is 2.98. The van der Waals surface area contributed by atoms with Gasteiger partial charge in [-0.05, 0) is 18.2 Å². The van der Waals surface area contributed by atoms with Crippen molar-refractivity contribution in [2.45, 2.75) is 11.9 Å². The Balaban J connectivity index is 2.22. The maximum atomic E-state index is 8.84. The molecule has 0 fully saturated rings. The summed E-state index contributed by atoms with van der Waals surface area (Å²) in [7, 11) is 1.61. The van der Waals surface area contributed by atoms with E-state index in [1.807, 2.05) is 18.2 Å². The van der Waals surface area contributed by atoms with Crippen LogP contribution in [0, 0.1) is 11.3 Å². The molecule has 0 aliphatic rings. The average molecular weight is 367 g/mol. The molecule has 0 unspecified atom stereocenters. The van der Waals surface area contributed by atoms with Crippen LogP contribution in [0.2, 0.25) is 5.02 Å². The van der Waals surface area contributed by atoms with Gasteiger partial charge in [0.1, 0.15) is 6.61 Å². The number of nitriles is 1. The van der Waals surface area contributed by atoms with Gasteiger partial charge >= 0.3 is 0 Å². The van der Waals surface area contributed by atoms with Crippen LogP contribution in [0.1, 0.15) is 16.7 Å². The summed E-state index contributed by atoms with van der Waals surface area (Å²) in [6.45, 7) is 0.310. The molecule has 5 heteroatoms. The van der Waals surface area contributed by atoms with Gasteiger partial charge in [0.25, 0.3) is 0 Å². The summed E-state index contributed by atoms with van der Waals surface area (Å²) in [6, 6.07) is 12.9. The summed E-state index contributed by atoms with van der Waals surface area (Å²) in [5.41, 5.74) is 2.35. The molecule has 3 nitrogen and oxygen atoms in total. The lowest BCUT2D eigenvalue weighted by atomic mass is 10.1. The standard InChI is InChI=1S/C16H13BrClNO2/c1-20-15-4-2-3-12(8-17)16(15)21-10-13-6-5-11(9-19)7-14(13)18/h2-7H,8,10H2,1H3. The molecular weight excluding hydrogens is 354 g/mol. The van der Waals surface area contributed by atoms with E-state index in [2.05, 4.69) is 22.0 Å². The number of alkyl halides is 1. The molecule has 0 spiro atoms. The van der Waals surface area contributed by atoms with E-state index in [1.54, 1.807) is 25.3 Å². The number of hydrogen-bond donors (Lipinski definition) is 0. The summed E-state index contributed by atoms with van der Waals surface area (Å²) in [5.74, 6) is 1.37. The lowest BCUT2D eigenvalue weighted by Gasteiger charge is -2.14. The second kappa shape index (κ2) is 7.35. The molecule has 0 atom stereocenters. The van der Waals surface area contributed by atoms with Crippen LogP contribution in [0.25, 0.3) is 0 Å². The van der Waals surface area contributed by atoms with E-state index in [1.165, 1.54) is 0 Å². The Hall–Kier alpha value is -1.70. The normalized spacial score (nSPS) is 10.0. The predicted molar refractivity (Wildman–Crippen MR) is 86.1 cm³/mol. The van der Waals surface area contributed by atoms with Gasteiger partial charge in [-0.25, -0.2) is 0 Å². The highest BCUT2D eigenvalue weighted by molar-refractivity contribution is 9.08. The maximum Gasteiger partial charge on any atom is 0.165 e. The van der Waals surface area contributed by atoms with Crippen LogP contribution in [-0.4, -0.2) is 7.11 Å². The third-order valence-corrected chi connectivity index (χ3v) is 3.93. The number of rotatable bonds is 5. The molecule has 0 aliphatic carbocycles. The van der Waals surface area contributed by atoms with Gasteiger partial charge in [-0.1, -0.05) is 45.7 Å². The molecule has 0 saturated carbocycles. The molecule has 2 aromatic carbocycles. The van der Waals surface area contributed by atoms with Crippen molar-refractivity contribution < 1.29 is 9.47 Å². The lowest BCUT2D eigenvalue weighted by molar-refractivity contribution is 0.282. The lowest BCUT2D eigenvalue weighted by Crippen LogP contribution is -2.01. The van der Waals surface area contributed by atoms with E-state index in [0.29, 0.717) is 34.0 Å². The Morgan fingerprint density at radius 3 is 2.67 bits per heavy atom. The Morgan fingerprint density at radius 1 is 1.24 bits per heavy atom. The Morgan fingerprint density at radius 2 is 2.05 bits per heavy atom. The monoisotopic (exact) mass is 365 g/mol. The zero-order valence-electron chi connectivity index (χ0n) is 11.4. The largest absolute Gasteiger partial charge is 0.493 e. The van der Waals surface area contributed by atoms with Gasteiger partial charge in [0.2, 0.25) is 0 Å². The molecule has 0 aliphatic heterocycles. The summed E-state index contributed by atoms with van der Waals surface area (Å²) in [5, 5.41) is 10.0. The van der Waals surface area contributed by atoms with Crippen molar-refractivity contribution >= 4 is 27.5 Å². The van der Waals surface area contributed by atoms with Crippen molar-refractivity contribution in [3.8, 4) is 17.6 Å². The van der Waals surface area contributed by atoms with Crippen molar-refractivity contribution in [2.24, 2.45) is 0 Å². The molecule has 2 aromatic rings. The number of halogens is 2. The van der Waals surface area contributed by atoms with E-state index in [-0.39, 0.29) is 0 Å². The van der Waals surface area contributed by atoms with Crippen LogP contribution in [0.5, 0.6) is 11.5 Å². The van der Waals surface area contributed by atoms with Gasteiger partial charge in [0, 0.05) is 21.5 Å². The minimum Gasteiger partial charge on any atom is -0.493 e. The van der Waals surface area contributed by atoms with Crippen molar-refractivity contribution in [3.05, 3.63) is 58.1 Å². The fraction of sp³-hybridized carbons (Fsp3) is 0.188. The fourth-order valence-corrected chi connectivity index (χ4v) is 2.55. The summed E-state index contributed by atoms with van der Waals surface area (Å²) in [4.78, 5) is 0. The zero-order valence-corrected chi connectivity index (χ0v) is 13.7. The molecule has 0 saturated heterocycles. The second-order valence-corrected chi connectivity index (χ2v) is 5.26. The smallest absolute Gasteiger partial charge is 0.165 e. The summed E-state index contributed by atoms with van der Waals surface area (Å²) >= 11 is 9.58. The van der Waals surface area contributed by atoms with Crippen LogP contribution in [0.15, 0.2) is 36.4 Å². The fourth-order valence-electron chi connectivity index (χ4n) is 1.87. The first-order valence-corrected chi connectivity index (χ1v) is 7.72. The zero-order chi connectivity index (χ0) is 15.2. The van der Waals surface area contributed by atoms with E-state index in [4.69, 9.17) is 26.3 Å². The number of hydrogen-bond acceptors (Lipinski definition) is 3. The molecule has 0 radical (unpaired) electrons. The van der Waals surface area contributed by atoms with Crippen LogP contribution < -0.4 is 9.47 Å². The quantitative estimate of drug-likeness (QED) is 0.721. The predicted octanol–water partition coefficient (Wildman–Crippen LogP) is 4.69. The first-order chi connectivity index (χ1) is 10.2. The van der Waals surface area contributed by atoms with Gasteiger partial charge in [-0.2, -0.15) is 5.26 Å². The summed E-state index contributed by atoms with van der Waals surface area (Å²) < 4.78 is 11.2. The van der Waals surface area contributed by atoms with E-state index >= 15 is 0 Å². The highest BCUT2D eigenvalue weighted by Gasteiger charge is 2.11. The SMILES string of the molecule is COc1cccc(CBr)c1OCc1ccc(C#N)cc1Cl. The number of methoxy groups -OCH3 is 1. The molecule has 0 N–H and O–H groups in total. The van der Waals surface area contributed by atoms with Crippen molar-refractivity contribution in [1.29, 1.82) is 5.26 Å². The average Bonchev–Trinajstić information content (AvgIpc) is 2.53. The van der Waals surface area contributed by atoms with Crippen LogP contribution >= 0.6 is 27.5 Å². The van der Waals surface area contributed by atoms with Crippen LogP contribution in [-0.2, 0) is 11.9 Å². The molecule has 2 rings (SSSR count). The van der Waals surface area contributed by atoms with Crippen LogP contribution in [0.3, 0.4) is 0 Å². The van der Waals surface area contributed by atoms with E-state index in [0.717, 1.165) is 11.1 Å². The van der Waals surface area contributed by atoms with Gasteiger partial charge in [-0.3, -0.25) is 0 Å². The van der Waals surface area contributed by atoms with Gasteiger partial charge in [0.15, 0.2) is 11.5 Å². The first kappa shape index (κ1) is 15.7. The molecular formula is C16H13BrClNO2. The van der Waals surface area contributed by atoms with Gasteiger partial charge < -0.3 is 9.47 Å². The molecule has 108 valence electrons. The number of benzene rings is 2. The van der Waals surface area contributed by atoms with Crippen LogP contribution in [0.4, 0.5) is 0 Å². The third kappa shape index (κ3) is 3.69. The highest BCUT2D eigenvalue weighted by Crippen LogP contribution is 2.33. The summed E-state index contributed by atoms with van der Waals surface area (Å²) in [6.07, 6.45) is 0. The second-order valence-electron chi connectivity index (χ2n) is 4.29. The minimum absolute atomic E-state index is 0.310. The Bertz CT molecular complexity index is 660. The molecule has 0 aromatic heterocycles. The first-order valence-electron chi connectivity index (χ1n) is 6.22. The molecule has 0 heterocycles. The van der Waals surface area contributed by atoms with Gasteiger partial charge in [0.05, 0.1) is 18.7 Å².